The van der Waals surface area contributed by atoms with Gasteiger partial charge >= 0.3 is 5.97 Å². The second-order valence-corrected chi connectivity index (χ2v) is 7.56. The number of rotatable bonds is 7. The van der Waals surface area contributed by atoms with Crippen LogP contribution in [0, 0.1) is 0 Å². The number of carbonyl (C=O) groups excluding carboxylic acids is 2. The van der Waals surface area contributed by atoms with Crippen LogP contribution in [0.25, 0.3) is 0 Å². The highest BCUT2D eigenvalue weighted by Crippen LogP contribution is 2.35. The van der Waals surface area contributed by atoms with Crippen LogP contribution in [0.5, 0.6) is 0 Å². The van der Waals surface area contributed by atoms with Crippen LogP contribution in [0.1, 0.15) is 27.0 Å². The second-order valence-electron chi connectivity index (χ2n) is 4.07. The lowest BCUT2D eigenvalue weighted by Crippen LogP contribution is -2.19. The van der Waals surface area contributed by atoms with Crippen molar-refractivity contribution in [1.82, 2.24) is 0 Å². The fraction of sp³-hybridized carbons (Fsp3) is 0.455. The van der Waals surface area contributed by atoms with E-state index in [-0.39, 0.29) is 39.2 Å². The third-order valence-electron chi connectivity index (χ3n) is 2.70. The molecule has 1 aromatic heterocycles. The molecule has 0 spiro atoms. The molecule has 1 rings (SSSR count). The highest BCUT2D eigenvalue weighted by atomic mass is 32.2. The molecule has 0 aliphatic carbocycles. The van der Waals surface area contributed by atoms with Gasteiger partial charge in [-0.3, -0.25) is 4.79 Å². The summed E-state index contributed by atoms with van der Waals surface area (Å²) in [5.74, 6) is -1.57. The van der Waals surface area contributed by atoms with Crippen molar-refractivity contribution in [3.05, 3.63) is 10.4 Å². The zero-order chi connectivity index (χ0) is 16.2. The summed E-state index contributed by atoms with van der Waals surface area (Å²) in [4.78, 5) is 23.0. The Hall–Kier alpha value is -1.81. The topological polar surface area (TPSA) is 142 Å². The van der Waals surface area contributed by atoms with Gasteiger partial charge in [0.2, 0.25) is 0 Å². The number of primary amides is 1. The minimum atomic E-state index is -3.14. The SMILES string of the molecule is CCS(=O)(=O)CCNc1sc(C(=O)OC)c(N)c1C(N)=O. The number of carbonyl (C=O) groups is 2. The normalized spacial score (nSPS) is 11.1. The molecule has 8 nitrogen and oxygen atoms in total. The Morgan fingerprint density at radius 2 is 2.00 bits per heavy atom. The van der Waals surface area contributed by atoms with Crippen molar-refractivity contribution in [2.24, 2.45) is 5.73 Å². The highest BCUT2D eigenvalue weighted by molar-refractivity contribution is 7.91. The number of thiophene rings is 1. The third-order valence-corrected chi connectivity index (χ3v) is 5.55. The summed E-state index contributed by atoms with van der Waals surface area (Å²) in [6, 6.07) is 0. The van der Waals surface area contributed by atoms with Crippen LogP contribution >= 0.6 is 11.3 Å². The Balaban J connectivity index is 3.01. The van der Waals surface area contributed by atoms with Gasteiger partial charge in [-0.05, 0) is 0 Å². The van der Waals surface area contributed by atoms with Gasteiger partial charge in [0.15, 0.2) is 9.84 Å². The first-order chi connectivity index (χ1) is 9.73. The fourth-order valence-electron chi connectivity index (χ4n) is 1.52. The number of nitrogens with two attached hydrogens (primary N) is 2. The molecule has 0 aliphatic rings. The summed E-state index contributed by atoms with van der Waals surface area (Å²) >= 11 is 0.899. The summed E-state index contributed by atoms with van der Waals surface area (Å²) in [5, 5.41) is 3.03. The van der Waals surface area contributed by atoms with Crippen LogP contribution in [-0.4, -0.2) is 45.5 Å². The predicted molar refractivity (Wildman–Crippen MR) is 81.4 cm³/mol. The van der Waals surface area contributed by atoms with Gasteiger partial charge in [-0.25, -0.2) is 13.2 Å². The number of hydrogen-bond acceptors (Lipinski definition) is 8. The zero-order valence-corrected chi connectivity index (χ0v) is 13.3. The smallest absolute Gasteiger partial charge is 0.350 e. The van der Waals surface area contributed by atoms with E-state index in [1.165, 1.54) is 7.11 Å². The quantitative estimate of drug-likeness (QED) is 0.598. The fourth-order valence-corrected chi connectivity index (χ4v) is 3.29. The molecule has 0 radical (unpaired) electrons. The first-order valence-corrected chi connectivity index (χ1v) is 8.62. The summed E-state index contributed by atoms with van der Waals surface area (Å²) in [6.45, 7) is 1.62. The van der Waals surface area contributed by atoms with E-state index in [1.54, 1.807) is 6.92 Å². The van der Waals surface area contributed by atoms with Crippen LogP contribution in [0.3, 0.4) is 0 Å². The monoisotopic (exact) mass is 335 g/mol. The molecule has 10 heteroatoms. The standard InChI is InChI=1S/C11H17N3O5S2/c1-3-21(17,18)5-4-14-10-6(9(13)15)7(12)8(20-10)11(16)19-2/h14H,3-5,12H2,1-2H3,(H2,13,15). The average Bonchev–Trinajstić information content (AvgIpc) is 2.74. The van der Waals surface area contributed by atoms with E-state index in [0.29, 0.717) is 0 Å². The number of hydrogen-bond donors (Lipinski definition) is 3. The zero-order valence-electron chi connectivity index (χ0n) is 11.6. The molecule has 5 N–H and O–H groups in total. The molecule has 21 heavy (non-hydrogen) atoms. The molecule has 0 saturated carbocycles. The maximum atomic E-state index is 11.5. The molecule has 0 aromatic carbocycles. The van der Waals surface area contributed by atoms with Gasteiger partial charge in [-0.2, -0.15) is 0 Å². The van der Waals surface area contributed by atoms with Crippen molar-refractivity contribution in [3.8, 4) is 0 Å². The average molecular weight is 335 g/mol. The van der Waals surface area contributed by atoms with Crippen molar-refractivity contribution in [2.75, 3.05) is 36.2 Å². The molecule has 0 bridgehead atoms. The van der Waals surface area contributed by atoms with Crippen LogP contribution in [0.2, 0.25) is 0 Å². The number of nitrogen functional groups attached to an aromatic ring is 1. The van der Waals surface area contributed by atoms with Crippen molar-refractivity contribution >= 4 is 43.7 Å². The van der Waals surface area contributed by atoms with Gasteiger partial charge in [0.25, 0.3) is 5.91 Å². The van der Waals surface area contributed by atoms with E-state index in [0.717, 1.165) is 11.3 Å². The molecule has 1 aromatic rings. The molecule has 1 amide bonds. The van der Waals surface area contributed by atoms with E-state index in [4.69, 9.17) is 11.5 Å². The van der Waals surface area contributed by atoms with Crippen LogP contribution < -0.4 is 16.8 Å². The van der Waals surface area contributed by atoms with Crippen molar-refractivity contribution in [1.29, 1.82) is 0 Å². The summed E-state index contributed by atoms with van der Waals surface area (Å²) in [7, 11) is -1.96. The number of methoxy groups -OCH3 is 1. The molecular weight excluding hydrogens is 318 g/mol. The maximum Gasteiger partial charge on any atom is 0.350 e. The van der Waals surface area contributed by atoms with Crippen LogP contribution in [0.15, 0.2) is 0 Å². The minimum absolute atomic E-state index is 0.0251. The van der Waals surface area contributed by atoms with Gasteiger partial charge in [0, 0.05) is 12.3 Å². The summed E-state index contributed by atoms with van der Waals surface area (Å²) < 4.78 is 27.4. The summed E-state index contributed by atoms with van der Waals surface area (Å²) in [5.41, 5.74) is 10.8. The largest absolute Gasteiger partial charge is 0.465 e. The Morgan fingerprint density at radius 3 is 2.48 bits per heavy atom. The van der Waals surface area contributed by atoms with Gasteiger partial charge in [0.05, 0.1) is 24.1 Å². The van der Waals surface area contributed by atoms with E-state index in [2.05, 4.69) is 10.1 Å². The molecule has 0 atom stereocenters. The maximum absolute atomic E-state index is 11.5. The van der Waals surface area contributed by atoms with Crippen LogP contribution in [-0.2, 0) is 14.6 Å². The first-order valence-electron chi connectivity index (χ1n) is 5.98. The van der Waals surface area contributed by atoms with Gasteiger partial charge in [-0.15, -0.1) is 11.3 Å². The van der Waals surface area contributed by atoms with Gasteiger partial charge in [-0.1, -0.05) is 6.92 Å². The Morgan fingerprint density at radius 1 is 1.38 bits per heavy atom. The molecule has 118 valence electrons. The summed E-state index contributed by atoms with van der Waals surface area (Å²) in [6.07, 6.45) is 0. The first kappa shape index (κ1) is 17.2. The van der Waals surface area contributed by atoms with E-state index < -0.39 is 21.7 Å². The molecule has 0 unspecified atom stereocenters. The number of nitrogens with one attached hydrogen (secondary N) is 1. The predicted octanol–water partition coefficient (Wildman–Crippen LogP) is 0.0624. The van der Waals surface area contributed by atoms with E-state index in [1.807, 2.05) is 0 Å². The second kappa shape index (κ2) is 6.76. The lowest BCUT2D eigenvalue weighted by molar-refractivity contribution is 0.0607. The Bertz CT molecular complexity index is 651. The minimum Gasteiger partial charge on any atom is -0.465 e. The van der Waals surface area contributed by atoms with Crippen molar-refractivity contribution in [3.63, 3.8) is 0 Å². The van der Waals surface area contributed by atoms with E-state index >= 15 is 0 Å². The lowest BCUT2D eigenvalue weighted by Gasteiger charge is -2.05. The number of amides is 1. The molecule has 1 heterocycles. The molecular formula is C11H17N3O5S2. The number of ether oxygens (including phenoxy) is 1. The Kier molecular flexibility index (Phi) is 5.55. The lowest BCUT2D eigenvalue weighted by atomic mass is 10.2. The highest BCUT2D eigenvalue weighted by Gasteiger charge is 2.24. The van der Waals surface area contributed by atoms with Crippen molar-refractivity contribution in [2.45, 2.75) is 6.92 Å². The molecule has 0 fully saturated rings. The van der Waals surface area contributed by atoms with Gasteiger partial charge in [0.1, 0.15) is 9.88 Å². The third kappa shape index (κ3) is 4.08. The molecule has 0 aliphatic heterocycles. The molecule has 0 saturated heterocycles. The van der Waals surface area contributed by atoms with E-state index in [9.17, 15) is 18.0 Å². The van der Waals surface area contributed by atoms with Gasteiger partial charge < -0.3 is 21.5 Å². The number of esters is 1. The Labute approximate surface area is 126 Å². The number of anilines is 2. The van der Waals surface area contributed by atoms with Crippen molar-refractivity contribution < 1.29 is 22.7 Å². The number of sulfone groups is 1. The van der Waals surface area contributed by atoms with Crippen LogP contribution in [0.4, 0.5) is 10.7 Å².